The van der Waals surface area contributed by atoms with Crippen LogP contribution in [0.4, 0.5) is 0 Å². The zero-order valence-electron chi connectivity index (χ0n) is 9.62. The van der Waals surface area contributed by atoms with Crippen molar-refractivity contribution in [3.63, 3.8) is 0 Å². The molecule has 0 amide bonds. The summed E-state index contributed by atoms with van der Waals surface area (Å²) in [5, 5.41) is 8.69. The average Bonchev–Trinajstić information content (AvgIpc) is 2.14. The molecular formula is C13H15ClO2. The number of carbonyl (C=O) groups is 1. The van der Waals surface area contributed by atoms with Crippen molar-refractivity contribution in [2.75, 3.05) is 0 Å². The molecule has 1 aromatic carbocycles. The van der Waals surface area contributed by atoms with Crippen molar-refractivity contribution >= 4 is 22.4 Å². The van der Waals surface area contributed by atoms with E-state index < -0.39 is 5.24 Å². The summed E-state index contributed by atoms with van der Waals surface area (Å²) in [6.45, 7) is 5.98. The van der Waals surface area contributed by atoms with Gasteiger partial charge in [0.2, 0.25) is 0 Å². The molecule has 0 atom stereocenters. The van der Waals surface area contributed by atoms with Crippen LogP contribution in [0.3, 0.4) is 0 Å². The van der Waals surface area contributed by atoms with Crippen LogP contribution in [0.2, 0.25) is 0 Å². The van der Waals surface area contributed by atoms with E-state index >= 15 is 0 Å². The molecule has 2 nitrogen and oxygen atoms in total. The number of hydrogen-bond acceptors (Lipinski definition) is 2. The Morgan fingerprint density at radius 2 is 1.75 bits per heavy atom. The van der Waals surface area contributed by atoms with E-state index in [2.05, 4.69) is 0 Å². The Bertz CT molecular complexity index is 411. The molecule has 0 fully saturated rings. The van der Waals surface area contributed by atoms with Gasteiger partial charge in [0.25, 0.3) is 5.24 Å². The average molecular weight is 239 g/mol. The number of hydrogen-bond donors (Lipinski definition) is 1. The monoisotopic (exact) mass is 238 g/mol. The lowest BCUT2D eigenvalue weighted by molar-refractivity contribution is -0.106. The van der Waals surface area contributed by atoms with Gasteiger partial charge in [0.05, 0.1) is 0 Å². The lowest BCUT2D eigenvalue weighted by Crippen LogP contribution is -2.04. The largest absolute Gasteiger partial charge is 0.508 e. The van der Waals surface area contributed by atoms with Gasteiger partial charge in [-0.3, -0.25) is 4.79 Å². The van der Waals surface area contributed by atoms with E-state index in [1.54, 1.807) is 12.1 Å². The Balaban J connectivity index is 3.19. The van der Waals surface area contributed by atoms with Crippen molar-refractivity contribution < 1.29 is 9.90 Å². The molecule has 0 saturated heterocycles. The van der Waals surface area contributed by atoms with Crippen LogP contribution in [0.25, 0.3) is 5.57 Å². The highest BCUT2D eigenvalue weighted by atomic mass is 35.5. The van der Waals surface area contributed by atoms with Gasteiger partial charge >= 0.3 is 0 Å². The van der Waals surface area contributed by atoms with Crippen LogP contribution in [-0.2, 0) is 4.79 Å². The number of aromatic hydroxyl groups is 1. The molecule has 3 heteroatoms. The maximum Gasteiger partial charge on any atom is 0.252 e. The second-order valence-corrected chi connectivity index (χ2v) is 5.09. The van der Waals surface area contributed by atoms with Crippen LogP contribution in [0.1, 0.15) is 26.3 Å². The van der Waals surface area contributed by atoms with Crippen LogP contribution in [-0.4, -0.2) is 10.3 Å². The topological polar surface area (TPSA) is 37.3 Å². The van der Waals surface area contributed by atoms with Crippen molar-refractivity contribution in [2.45, 2.75) is 20.8 Å². The third-order valence-corrected chi connectivity index (χ3v) is 2.17. The predicted molar refractivity (Wildman–Crippen MR) is 66.4 cm³/mol. The van der Waals surface area contributed by atoms with Gasteiger partial charge in [-0.25, -0.2) is 0 Å². The molecule has 0 heterocycles. The van der Waals surface area contributed by atoms with E-state index in [0.717, 1.165) is 0 Å². The van der Waals surface area contributed by atoms with Gasteiger partial charge in [0.1, 0.15) is 5.75 Å². The van der Waals surface area contributed by atoms with Gasteiger partial charge in [0.15, 0.2) is 0 Å². The third-order valence-electron chi connectivity index (χ3n) is 1.97. The quantitative estimate of drug-likeness (QED) is 0.632. The van der Waals surface area contributed by atoms with Crippen molar-refractivity contribution in [3.05, 3.63) is 35.9 Å². The zero-order chi connectivity index (χ0) is 12.3. The van der Waals surface area contributed by atoms with Crippen LogP contribution in [0.5, 0.6) is 5.75 Å². The lowest BCUT2D eigenvalue weighted by Gasteiger charge is -2.14. The van der Waals surface area contributed by atoms with Crippen molar-refractivity contribution in [1.82, 2.24) is 0 Å². The summed E-state index contributed by atoms with van der Waals surface area (Å²) in [4.78, 5) is 11.3. The minimum atomic E-state index is -0.486. The molecule has 0 aliphatic carbocycles. The molecule has 0 aromatic heterocycles. The second-order valence-electron chi connectivity index (χ2n) is 4.74. The molecule has 1 aromatic rings. The summed E-state index contributed by atoms with van der Waals surface area (Å²) in [5.74, 6) is 0.167. The van der Waals surface area contributed by atoms with Crippen LogP contribution in [0, 0.1) is 5.41 Å². The van der Waals surface area contributed by atoms with Gasteiger partial charge in [-0.15, -0.1) is 0 Å². The fourth-order valence-corrected chi connectivity index (χ4v) is 1.49. The Morgan fingerprint density at radius 3 is 2.12 bits per heavy atom. The van der Waals surface area contributed by atoms with E-state index in [4.69, 9.17) is 11.6 Å². The zero-order valence-corrected chi connectivity index (χ0v) is 10.4. The van der Waals surface area contributed by atoms with Gasteiger partial charge in [-0.2, -0.15) is 0 Å². The Kier molecular flexibility index (Phi) is 3.76. The van der Waals surface area contributed by atoms with Crippen molar-refractivity contribution in [1.29, 1.82) is 0 Å². The minimum Gasteiger partial charge on any atom is -0.508 e. The fourth-order valence-electron chi connectivity index (χ4n) is 1.33. The van der Waals surface area contributed by atoms with E-state index in [1.807, 2.05) is 26.8 Å². The second kappa shape index (κ2) is 4.71. The highest BCUT2D eigenvalue weighted by molar-refractivity contribution is 6.74. The summed E-state index contributed by atoms with van der Waals surface area (Å²) in [5.41, 5.74) is 1.06. The summed E-state index contributed by atoms with van der Waals surface area (Å²) in [7, 11) is 0. The number of halogens is 1. The van der Waals surface area contributed by atoms with Crippen LogP contribution < -0.4 is 0 Å². The summed E-state index contributed by atoms with van der Waals surface area (Å²) < 4.78 is 0. The van der Waals surface area contributed by atoms with Crippen LogP contribution >= 0.6 is 11.6 Å². The molecule has 0 saturated carbocycles. The van der Waals surface area contributed by atoms with Gasteiger partial charge in [-0.1, -0.05) is 39.0 Å². The van der Waals surface area contributed by atoms with E-state index in [-0.39, 0.29) is 11.2 Å². The molecule has 16 heavy (non-hydrogen) atoms. The van der Waals surface area contributed by atoms with Gasteiger partial charge in [0, 0.05) is 5.57 Å². The third kappa shape index (κ3) is 3.70. The van der Waals surface area contributed by atoms with Crippen molar-refractivity contribution in [3.8, 4) is 5.75 Å². The molecule has 1 rings (SSSR count). The first kappa shape index (κ1) is 12.8. The normalized spacial score (nSPS) is 12.6. The molecule has 1 N–H and O–H groups in total. The van der Waals surface area contributed by atoms with Crippen molar-refractivity contribution in [2.24, 2.45) is 5.41 Å². The SMILES string of the molecule is CC(C)(C)C=C(C(=O)Cl)c1ccc(O)cc1. The number of phenols is 1. The molecule has 0 aliphatic heterocycles. The summed E-state index contributed by atoms with van der Waals surface area (Å²) >= 11 is 5.55. The highest BCUT2D eigenvalue weighted by Crippen LogP contribution is 2.26. The fraction of sp³-hybridized carbons (Fsp3) is 0.308. The lowest BCUT2D eigenvalue weighted by atomic mass is 9.91. The van der Waals surface area contributed by atoms with Gasteiger partial charge < -0.3 is 5.11 Å². The molecule has 0 radical (unpaired) electrons. The van der Waals surface area contributed by atoms with Crippen LogP contribution in [0.15, 0.2) is 30.3 Å². The first-order chi connectivity index (χ1) is 7.29. The minimum absolute atomic E-state index is 0.127. The highest BCUT2D eigenvalue weighted by Gasteiger charge is 2.14. The number of allylic oxidation sites excluding steroid dienone is 2. The smallest absolute Gasteiger partial charge is 0.252 e. The maximum absolute atomic E-state index is 11.3. The number of benzene rings is 1. The Morgan fingerprint density at radius 1 is 1.25 bits per heavy atom. The molecule has 0 spiro atoms. The molecular weight excluding hydrogens is 224 g/mol. The molecule has 0 aliphatic rings. The summed E-state index contributed by atoms with van der Waals surface area (Å²) in [6.07, 6.45) is 1.83. The Labute approximate surface area is 101 Å². The predicted octanol–water partition coefficient (Wildman–Crippen LogP) is 3.59. The van der Waals surface area contributed by atoms with E-state index in [9.17, 15) is 9.90 Å². The molecule has 86 valence electrons. The molecule has 0 unspecified atom stereocenters. The standard InChI is InChI=1S/C13H15ClO2/c1-13(2,3)8-11(12(14)16)9-4-6-10(15)7-5-9/h4-8,15H,1-3H3. The Hall–Kier alpha value is -1.28. The number of phenolic OH excluding ortho intramolecular Hbond substituents is 1. The first-order valence-electron chi connectivity index (χ1n) is 5.02. The van der Waals surface area contributed by atoms with E-state index in [0.29, 0.717) is 11.1 Å². The van der Waals surface area contributed by atoms with Gasteiger partial charge in [-0.05, 0) is 34.7 Å². The number of rotatable bonds is 2. The first-order valence-corrected chi connectivity index (χ1v) is 5.39. The molecule has 0 bridgehead atoms. The summed E-state index contributed by atoms with van der Waals surface area (Å²) in [6, 6.07) is 6.41. The number of carbonyl (C=O) groups excluding carboxylic acids is 1. The van der Waals surface area contributed by atoms with E-state index in [1.165, 1.54) is 12.1 Å². The maximum atomic E-state index is 11.3.